The normalized spacial score (nSPS) is 21.9. The first-order valence-corrected chi connectivity index (χ1v) is 10.5. The number of nitrogens with zero attached hydrogens (tertiary/aromatic N) is 1. The average molecular weight is 351 g/mol. The number of fused-ring (bicyclic) bond motifs is 2. The SMILES string of the molecule is c1ccc(-c2ccc(-c3ccccc3B3C4CCCC3CCC4)nc2)cc1. The van der Waals surface area contributed by atoms with E-state index < -0.39 is 0 Å². The monoisotopic (exact) mass is 351 g/mol. The summed E-state index contributed by atoms with van der Waals surface area (Å²) in [6.07, 6.45) is 10.5. The molecule has 0 unspecified atom stereocenters. The molecule has 2 saturated heterocycles. The van der Waals surface area contributed by atoms with Crippen molar-refractivity contribution in [2.75, 3.05) is 0 Å². The van der Waals surface area contributed by atoms with Crippen LogP contribution in [0.1, 0.15) is 38.5 Å². The lowest BCUT2D eigenvalue weighted by Gasteiger charge is -2.41. The molecular formula is C25H26BN. The molecule has 1 aromatic heterocycles. The highest BCUT2D eigenvalue weighted by Crippen LogP contribution is 2.46. The van der Waals surface area contributed by atoms with Crippen molar-refractivity contribution in [2.24, 2.45) is 0 Å². The summed E-state index contributed by atoms with van der Waals surface area (Å²) in [6.45, 7) is 0.735. The molecule has 0 saturated carbocycles. The minimum absolute atomic E-state index is 0.735. The molecule has 2 aromatic carbocycles. The van der Waals surface area contributed by atoms with Gasteiger partial charge in [-0.05, 0) is 17.2 Å². The van der Waals surface area contributed by atoms with Crippen molar-refractivity contribution in [3.8, 4) is 22.4 Å². The van der Waals surface area contributed by atoms with Gasteiger partial charge in [-0.25, -0.2) is 0 Å². The van der Waals surface area contributed by atoms with E-state index in [1.165, 1.54) is 55.2 Å². The maximum Gasteiger partial charge on any atom is 0.183 e. The van der Waals surface area contributed by atoms with Gasteiger partial charge in [-0.2, -0.15) is 0 Å². The van der Waals surface area contributed by atoms with Gasteiger partial charge in [-0.3, -0.25) is 4.98 Å². The summed E-state index contributed by atoms with van der Waals surface area (Å²) in [5.41, 5.74) is 6.43. The average Bonchev–Trinajstić information content (AvgIpc) is 2.74. The quantitative estimate of drug-likeness (QED) is 0.510. The van der Waals surface area contributed by atoms with Gasteiger partial charge in [0.15, 0.2) is 6.71 Å². The zero-order valence-electron chi connectivity index (χ0n) is 15.9. The molecule has 3 heterocycles. The molecule has 0 amide bonds. The predicted octanol–water partition coefficient (Wildman–Crippen LogP) is 6.23. The molecule has 1 nitrogen and oxygen atoms in total. The van der Waals surface area contributed by atoms with Gasteiger partial charge in [0.2, 0.25) is 0 Å². The first-order chi connectivity index (χ1) is 13.4. The van der Waals surface area contributed by atoms with E-state index in [0.717, 1.165) is 24.0 Å². The van der Waals surface area contributed by atoms with Crippen LogP contribution in [0.5, 0.6) is 0 Å². The number of hydrogen-bond donors (Lipinski definition) is 0. The summed E-state index contributed by atoms with van der Waals surface area (Å²) < 4.78 is 0. The summed E-state index contributed by atoms with van der Waals surface area (Å²) in [5.74, 6) is 1.75. The van der Waals surface area contributed by atoms with Crippen LogP contribution in [0.15, 0.2) is 72.9 Å². The Morgan fingerprint density at radius 1 is 0.667 bits per heavy atom. The van der Waals surface area contributed by atoms with Crippen LogP contribution in [0.3, 0.4) is 0 Å². The number of aromatic nitrogens is 1. The highest BCUT2D eigenvalue weighted by atomic mass is 14.7. The van der Waals surface area contributed by atoms with Gasteiger partial charge in [-0.1, -0.05) is 116 Å². The minimum Gasteiger partial charge on any atom is -0.256 e. The maximum atomic E-state index is 4.87. The van der Waals surface area contributed by atoms with Crippen molar-refractivity contribution < 1.29 is 0 Å². The smallest absolute Gasteiger partial charge is 0.183 e. The second-order valence-electron chi connectivity index (χ2n) is 8.29. The van der Waals surface area contributed by atoms with Crippen LogP contribution in [0.2, 0.25) is 11.6 Å². The van der Waals surface area contributed by atoms with Crippen LogP contribution in [-0.2, 0) is 0 Å². The van der Waals surface area contributed by atoms with Gasteiger partial charge in [0, 0.05) is 11.8 Å². The van der Waals surface area contributed by atoms with Crippen molar-refractivity contribution in [3.63, 3.8) is 0 Å². The summed E-state index contributed by atoms with van der Waals surface area (Å²) >= 11 is 0. The Hall–Kier alpha value is -2.35. The molecule has 2 aliphatic rings. The molecule has 2 bridgehead atoms. The third-order valence-corrected chi connectivity index (χ3v) is 6.78. The third-order valence-electron chi connectivity index (χ3n) is 6.78. The molecule has 2 heteroatoms. The molecule has 0 N–H and O–H groups in total. The van der Waals surface area contributed by atoms with E-state index in [1.807, 2.05) is 6.20 Å². The van der Waals surface area contributed by atoms with Gasteiger partial charge in [0.25, 0.3) is 0 Å². The second kappa shape index (κ2) is 7.35. The van der Waals surface area contributed by atoms with Crippen LogP contribution >= 0.6 is 0 Å². The van der Waals surface area contributed by atoms with E-state index in [4.69, 9.17) is 4.98 Å². The summed E-state index contributed by atoms with van der Waals surface area (Å²) in [4.78, 5) is 4.87. The van der Waals surface area contributed by atoms with Crippen molar-refractivity contribution in [2.45, 2.75) is 50.2 Å². The molecular weight excluding hydrogens is 325 g/mol. The number of pyridine rings is 1. The zero-order chi connectivity index (χ0) is 18.1. The molecule has 0 atom stereocenters. The fourth-order valence-corrected chi connectivity index (χ4v) is 5.56. The van der Waals surface area contributed by atoms with E-state index >= 15 is 0 Å². The topological polar surface area (TPSA) is 12.9 Å². The van der Waals surface area contributed by atoms with E-state index in [-0.39, 0.29) is 0 Å². The molecule has 27 heavy (non-hydrogen) atoms. The van der Waals surface area contributed by atoms with Crippen LogP contribution in [-0.4, -0.2) is 11.7 Å². The second-order valence-corrected chi connectivity index (χ2v) is 8.29. The Kier molecular flexibility index (Phi) is 4.57. The van der Waals surface area contributed by atoms with Crippen molar-refractivity contribution in [3.05, 3.63) is 72.9 Å². The van der Waals surface area contributed by atoms with Gasteiger partial charge < -0.3 is 0 Å². The van der Waals surface area contributed by atoms with Crippen LogP contribution in [0.25, 0.3) is 22.4 Å². The molecule has 3 aromatic rings. The molecule has 134 valence electrons. The van der Waals surface area contributed by atoms with E-state index in [9.17, 15) is 0 Å². The largest absolute Gasteiger partial charge is 0.256 e. The van der Waals surface area contributed by atoms with E-state index in [1.54, 1.807) is 5.46 Å². The summed E-state index contributed by atoms with van der Waals surface area (Å²) in [6, 6.07) is 24.0. The zero-order valence-corrected chi connectivity index (χ0v) is 15.9. The van der Waals surface area contributed by atoms with E-state index in [2.05, 4.69) is 66.7 Å². The Balaban J connectivity index is 1.51. The lowest BCUT2D eigenvalue weighted by atomic mass is 9.24. The molecule has 2 aliphatic heterocycles. The van der Waals surface area contributed by atoms with E-state index in [0.29, 0.717) is 0 Å². The number of rotatable bonds is 3. The highest BCUT2D eigenvalue weighted by molar-refractivity contribution is 6.77. The first-order valence-electron chi connectivity index (χ1n) is 10.5. The predicted molar refractivity (Wildman–Crippen MR) is 116 cm³/mol. The highest BCUT2D eigenvalue weighted by Gasteiger charge is 2.41. The third kappa shape index (κ3) is 3.22. The molecule has 0 spiro atoms. The Labute approximate surface area is 162 Å². The Morgan fingerprint density at radius 2 is 1.33 bits per heavy atom. The van der Waals surface area contributed by atoms with Crippen molar-refractivity contribution in [1.29, 1.82) is 0 Å². The Morgan fingerprint density at radius 3 is 2.00 bits per heavy atom. The molecule has 5 rings (SSSR count). The van der Waals surface area contributed by atoms with Crippen LogP contribution < -0.4 is 5.46 Å². The first kappa shape index (κ1) is 16.8. The number of benzene rings is 2. The lowest BCUT2D eigenvalue weighted by Crippen LogP contribution is -2.45. The lowest BCUT2D eigenvalue weighted by molar-refractivity contribution is 0.448. The van der Waals surface area contributed by atoms with Crippen molar-refractivity contribution >= 4 is 12.2 Å². The minimum atomic E-state index is 0.735. The standard InChI is InChI=1S/C25H26BN/c1-2-8-19(9-3-1)20-16-17-25(27-18-20)23-14-4-5-15-24(23)26-21-10-6-11-22(26)13-7-12-21/h1-5,8-9,14-18,21-22H,6-7,10-13H2. The maximum absolute atomic E-state index is 4.87. The van der Waals surface area contributed by atoms with Crippen LogP contribution in [0, 0.1) is 0 Å². The number of hydrogen-bond acceptors (Lipinski definition) is 1. The van der Waals surface area contributed by atoms with Crippen molar-refractivity contribution in [1.82, 2.24) is 4.98 Å². The molecule has 0 radical (unpaired) electrons. The fourth-order valence-electron chi connectivity index (χ4n) is 5.56. The Bertz CT molecular complexity index is 881. The summed E-state index contributed by atoms with van der Waals surface area (Å²) in [5, 5.41) is 0. The van der Waals surface area contributed by atoms with Gasteiger partial charge in [-0.15, -0.1) is 0 Å². The summed E-state index contributed by atoms with van der Waals surface area (Å²) in [7, 11) is 0. The fraction of sp³-hybridized carbons (Fsp3) is 0.320. The van der Waals surface area contributed by atoms with Gasteiger partial charge in [0.05, 0.1) is 5.69 Å². The van der Waals surface area contributed by atoms with Crippen LogP contribution in [0.4, 0.5) is 0 Å². The molecule has 0 aliphatic carbocycles. The van der Waals surface area contributed by atoms with Gasteiger partial charge >= 0.3 is 0 Å². The van der Waals surface area contributed by atoms with Gasteiger partial charge in [0.1, 0.15) is 0 Å². The molecule has 2 fully saturated rings.